The fourth-order valence-electron chi connectivity index (χ4n) is 3.68. The van der Waals surface area contributed by atoms with Gasteiger partial charge in [0.25, 0.3) is 0 Å². The molecule has 1 saturated heterocycles. The summed E-state index contributed by atoms with van der Waals surface area (Å²) < 4.78 is 42.8. The molecule has 10 heteroatoms. The smallest absolute Gasteiger partial charge is 0.244 e. The molecule has 1 heterocycles. The molecule has 0 radical (unpaired) electrons. The van der Waals surface area contributed by atoms with Gasteiger partial charge in [0, 0.05) is 24.5 Å². The molecule has 2 amide bonds. The monoisotopic (exact) mass is 495 g/mol. The van der Waals surface area contributed by atoms with Crippen LogP contribution < -0.4 is 10.6 Å². The Labute approximate surface area is 198 Å². The molecule has 0 bridgehead atoms. The number of anilines is 1. The zero-order valence-corrected chi connectivity index (χ0v) is 19.9. The summed E-state index contributed by atoms with van der Waals surface area (Å²) in [5.74, 6) is -1.36. The number of benzene rings is 2. The second kappa shape index (κ2) is 11.1. The van der Waals surface area contributed by atoms with Crippen molar-refractivity contribution >= 4 is 39.1 Å². The number of amides is 2. The molecular formula is C23H27ClFN3O4S. The van der Waals surface area contributed by atoms with Gasteiger partial charge in [-0.3, -0.25) is 9.59 Å². The number of sulfonamides is 1. The normalized spacial score (nSPS) is 16.8. The number of rotatable bonds is 8. The van der Waals surface area contributed by atoms with E-state index >= 15 is 0 Å². The van der Waals surface area contributed by atoms with Gasteiger partial charge in [0.1, 0.15) is 11.9 Å². The maximum atomic E-state index is 14.7. The molecule has 1 aliphatic heterocycles. The lowest BCUT2D eigenvalue weighted by atomic mass is 10.1. The predicted octanol–water partition coefficient (Wildman–Crippen LogP) is 4.08. The molecule has 1 aliphatic rings. The molecule has 2 N–H and O–H groups in total. The third kappa shape index (κ3) is 6.31. The molecule has 0 unspecified atom stereocenters. The van der Waals surface area contributed by atoms with Gasteiger partial charge in [0.2, 0.25) is 21.8 Å². The van der Waals surface area contributed by atoms with Gasteiger partial charge in [0.15, 0.2) is 0 Å². The van der Waals surface area contributed by atoms with Crippen LogP contribution in [-0.4, -0.2) is 37.1 Å². The molecule has 0 aromatic heterocycles. The van der Waals surface area contributed by atoms with Crippen LogP contribution in [0, 0.1) is 5.82 Å². The van der Waals surface area contributed by atoms with Crippen LogP contribution in [0.4, 0.5) is 10.1 Å². The summed E-state index contributed by atoms with van der Waals surface area (Å²) >= 11 is 5.91. The fourth-order valence-corrected chi connectivity index (χ4v) is 5.41. The maximum absolute atomic E-state index is 14.7. The standard InChI is InChI=1S/C23H27ClFN3O4S/c1-2-5-22(29)27-20-12-7-16(14-19(20)25)15-28(21-6-3-4-13-26-23(21)30)33(31,32)18-10-8-17(24)9-11-18/h7-12,14,21H,2-6,13,15H2,1H3,(H,26,30)(H,27,29)/t21-/m1/s1. The lowest BCUT2D eigenvalue weighted by Crippen LogP contribution is -2.48. The second-order valence-electron chi connectivity index (χ2n) is 7.92. The van der Waals surface area contributed by atoms with Gasteiger partial charge >= 0.3 is 0 Å². The van der Waals surface area contributed by atoms with E-state index < -0.39 is 21.9 Å². The third-order valence-electron chi connectivity index (χ3n) is 5.40. The summed E-state index contributed by atoms with van der Waals surface area (Å²) in [6.45, 7) is 2.12. The molecule has 2 aromatic carbocycles. The number of hydrogen-bond donors (Lipinski definition) is 2. The Bertz CT molecular complexity index is 1110. The van der Waals surface area contributed by atoms with Gasteiger partial charge in [-0.05, 0) is 67.6 Å². The van der Waals surface area contributed by atoms with Gasteiger partial charge in [-0.2, -0.15) is 4.31 Å². The Hall–Kier alpha value is -2.49. The summed E-state index contributed by atoms with van der Waals surface area (Å²) in [5.41, 5.74) is 0.382. The van der Waals surface area contributed by atoms with Gasteiger partial charge in [-0.25, -0.2) is 12.8 Å². The largest absolute Gasteiger partial charge is 0.355 e. The summed E-state index contributed by atoms with van der Waals surface area (Å²) in [7, 11) is -4.09. The van der Waals surface area contributed by atoms with Crippen LogP contribution in [0.2, 0.25) is 5.02 Å². The van der Waals surface area contributed by atoms with E-state index in [2.05, 4.69) is 10.6 Å². The second-order valence-corrected chi connectivity index (χ2v) is 10.2. The molecule has 1 fully saturated rings. The topological polar surface area (TPSA) is 95.6 Å². The first kappa shape index (κ1) is 25.1. The van der Waals surface area contributed by atoms with Gasteiger partial charge in [0.05, 0.1) is 10.6 Å². The molecule has 1 atom stereocenters. The van der Waals surface area contributed by atoms with Crippen molar-refractivity contribution < 1.29 is 22.4 Å². The predicted molar refractivity (Wildman–Crippen MR) is 125 cm³/mol. The zero-order valence-electron chi connectivity index (χ0n) is 18.3. The van der Waals surface area contributed by atoms with Crippen LogP contribution in [0.1, 0.15) is 44.6 Å². The lowest BCUT2D eigenvalue weighted by molar-refractivity contribution is -0.124. The highest BCUT2D eigenvalue weighted by Crippen LogP contribution is 2.27. The minimum absolute atomic E-state index is 0.00660. The highest BCUT2D eigenvalue weighted by molar-refractivity contribution is 7.89. The van der Waals surface area contributed by atoms with Crippen molar-refractivity contribution in [3.05, 3.63) is 58.9 Å². The number of carbonyl (C=O) groups is 2. The van der Waals surface area contributed by atoms with Crippen LogP contribution in [-0.2, 0) is 26.2 Å². The molecule has 0 spiro atoms. The average molecular weight is 496 g/mol. The minimum atomic E-state index is -4.09. The van der Waals surface area contributed by atoms with Crippen LogP contribution in [0.3, 0.4) is 0 Å². The van der Waals surface area contributed by atoms with Crippen molar-refractivity contribution in [3.63, 3.8) is 0 Å². The van der Waals surface area contributed by atoms with E-state index in [4.69, 9.17) is 11.6 Å². The van der Waals surface area contributed by atoms with Crippen LogP contribution in [0.15, 0.2) is 47.4 Å². The van der Waals surface area contributed by atoms with Crippen LogP contribution in [0.25, 0.3) is 0 Å². The van der Waals surface area contributed by atoms with Crippen molar-refractivity contribution in [2.45, 2.75) is 56.5 Å². The van der Waals surface area contributed by atoms with E-state index in [1.54, 1.807) is 6.07 Å². The molecule has 3 rings (SSSR count). The first-order valence-electron chi connectivity index (χ1n) is 10.9. The Kier molecular flexibility index (Phi) is 8.45. The van der Waals surface area contributed by atoms with Crippen molar-refractivity contribution in [1.29, 1.82) is 0 Å². The van der Waals surface area contributed by atoms with Crippen molar-refractivity contribution in [3.8, 4) is 0 Å². The van der Waals surface area contributed by atoms with E-state index in [1.165, 1.54) is 36.4 Å². The quantitative estimate of drug-likeness (QED) is 0.577. The van der Waals surface area contributed by atoms with Crippen LogP contribution >= 0.6 is 11.6 Å². The van der Waals surface area contributed by atoms with E-state index in [0.29, 0.717) is 36.4 Å². The van der Waals surface area contributed by atoms with E-state index in [-0.39, 0.29) is 35.4 Å². The first-order chi connectivity index (χ1) is 15.7. The summed E-state index contributed by atoms with van der Waals surface area (Å²) in [4.78, 5) is 24.5. The molecule has 0 aliphatic carbocycles. The molecule has 0 saturated carbocycles. The first-order valence-corrected chi connectivity index (χ1v) is 12.7. The highest BCUT2D eigenvalue weighted by Gasteiger charge is 2.36. The van der Waals surface area contributed by atoms with Crippen molar-refractivity contribution in [1.82, 2.24) is 9.62 Å². The highest BCUT2D eigenvalue weighted by atomic mass is 35.5. The molecule has 33 heavy (non-hydrogen) atoms. The molecule has 7 nitrogen and oxygen atoms in total. The lowest BCUT2D eigenvalue weighted by Gasteiger charge is -2.29. The van der Waals surface area contributed by atoms with E-state index in [1.807, 2.05) is 6.92 Å². The van der Waals surface area contributed by atoms with E-state index in [9.17, 15) is 22.4 Å². The number of hydrogen-bond acceptors (Lipinski definition) is 4. The average Bonchev–Trinajstić information content (AvgIpc) is 2.98. The summed E-state index contributed by atoms with van der Waals surface area (Å²) in [6.07, 6.45) is 2.68. The molecule has 2 aromatic rings. The third-order valence-corrected chi connectivity index (χ3v) is 7.52. The van der Waals surface area contributed by atoms with Crippen LogP contribution in [0.5, 0.6) is 0 Å². The van der Waals surface area contributed by atoms with Crippen molar-refractivity contribution in [2.75, 3.05) is 11.9 Å². The Morgan fingerprint density at radius 1 is 1.21 bits per heavy atom. The summed E-state index contributed by atoms with van der Waals surface area (Å²) in [5, 5.41) is 5.65. The van der Waals surface area contributed by atoms with Gasteiger partial charge in [-0.15, -0.1) is 0 Å². The van der Waals surface area contributed by atoms with Crippen molar-refractivity contribution in [2.24, 2.45) is 0 Å². The van der Waals surface area contributed by atoms with Gasteiger partial charge in [-0.1, -0.05) is 24.6 Å². The Morgan fingerprint density at radius 2 is 1.94 bits per heavy atom. The number of nitrogens with one attached hydrogen (secondary N) is 2. The molecule has 178 valence electrons. The minimum Gasteiger partial charge on any atom is -0.355 e. The number of nitrogens with zero attached hydrogens (tertiary/aromatic N) is 1. The Balaban J connectivity index is 1.94. The SMILES string of the molecule is CCCC(=O)Nc1ccc(CN([C@@H]2CCCCNC2=O)S(=O)(=O)c2ccc(Cl)cc2)cc1F. The number of halogens is 2. The fraction of sp³-hybridized carbons (Fsp3) is 0.391. The molecular weight excluding hydrogens is 469 g/mol. The zero-order chi connectivity index (χ0) is 24.0. The van der Waals surface area contributed by atoms with Gasteiger partial charge < -0.3 is 10.6 Å². The summed E-state index contributed by atoms with van der Waals surface area (Å²) in [6, 6.07) is 8.89. The Morgan fingerprint density at radius 3 is 2.61 bits per heavy atom. The van der Waals surface area contributed by atoms with E-state index in [0.717, 1.165) is 10.7 Å². The maximum Gasteiger partial charge on any atom is 0.244 e. The number of carbonyl (C=O) groups excluding carboxylic acids is 2.